The average molecular weight is 136 g/mol. The lowest BCUT2D eigenvalue weighted by atomic mass is 10.9. The second-order valence-corrected chi connectivity index (χ2v) is 1.34. The first-order valence-electron chi connectivity index (χ1n) is 2.71. The summed E-state index contributed by atoms with van der Waals surface area (Å²) in [5.74, 6) is 0. The third-order valence-electron chi connectivity index (χ3n) is 0.638. The van der Waals surface area contributed by atoms with Gasteiger partial charge in [-0.15, -0.1) is 0 Å². The van der Waals surface area contributed by atoms with E-state index in [1.54, 1.807) is 6.92 Å². The van der Waals surface area contributed by atoms with Gasteiger partial charge >= 0.3 is 0 Å². The number of ether oxygens (including phenoxy) is 3. The average Bonchev–Trinajstić information content (AvgIpc) is 1.85. The van der Waals surface area contributed by atoms with Gasteiger partial charge in [0, 0.05) is 13.7 Å². The molecule has 0 aliphatic rings. The monoisotopic (exact) mass is 136 g/mol. The Kier molecular flexibility index (Phi) is 5.86. The fraction of sp³-hybridized carbons (Fsp3) is 1.00. The van der Waals surface area contributed by atoms with Gasteiger partial charge in [0.05, 0.1) is 0 Å². The highest BCUT2D eigenvalue weighted by molar-refractivity contribution is 4.13. The number of methoxy groups -OCH3 is 1. The van der Waals surface area contributed by atoms with E-state index >= 15 is 0 Å². The third-order valence-corrected chi connectivity index (χ3v) is 0.638. The molecule has 0 aliphatic carbocycles. The van der Waals surface area contributed by atoms with Gasteiger partial charge in [0.2, 0.25) is 0 Å². The fourth-order valence-electron chi connectivity index (χ4n) is 0.317. The molecule has 1 unspecified atom stereocenters. The Hall–Kier alpha value is -0.160. The van der Waals surface area contributed by atoms with Crippen LogP contribution >= 0.6 is 0 Å². The number of rotatable bonds is 5. The van der Waals surface area contributed by atoms with E-state index in [2.05, 4.69) is 14.2 Å². The van der Waals surface area contributed by atoms with Crippen molar-refractivity contribution in [3.63, 3.8) is 0 Å². The van der Waals surface area contributed by atoms with Crippen molar-refractivity contribution in [3.8, 4) is 0 Å². The molecule has 0 bridgehead atoms. The molecule has 0 aromatic rings. The number of aliphatic hydroxyl groups is 1. The van der Waals surface area contributed by atoms with E-state index in [9.17, 15) is 0 Å². The van der Waals surface area contributed by atoms with Gasteiger partial charge in [-0.2, -0.15) is 0 Å². The highest BCUT2D eigenvalue weighted by Gasteiger charge is 1.99. The van der Waals surface area contributed by atoms with Crippen molar-refractivity contribution in [2.75, 3.05) is 20.5 Å². The summed E-state index contributed by atoms with van der Waals surface area (Å²) in [7, 11) is 1.47. The van der Waals surface area contributed by atoms with Crippen LogP contribution in [0.25, 0.3) is 0 Å². The molecule has 0 radical (unpaired) electrons. The van der Waals surface area contributed by atoms with Crippen LogP contribution in [-0.4, -0.2) is 32.1 Å². The number of aliphatic hydroxyl groups excluding tert-OH is 1. The van der Waals surface area contributed by atoms with E-state index in [1.165, 1.54) is 7.11 Å². The molecule has 4 heteroatoms. The van der Waals surface area contributed by atoms with Crippen LogP contribution in [0.1, 0.15) is 6.92 Å². The Balaban J connectivity index is 2.95. The molecule has 0 rings (SSSR count). The van der Waals surface area contributed by atoms with Crippen molar-refractivity contribution in [2.24, 2.45) is 0 Å². The highest BCUT2D eigenvalue weighted by Crippen LogP contribution is 1.87. The Morgan fingerprint density at radius 2 is 2.11 bits per heavy atom. The molecule has 1 N–H and O–H groups in total. The molecule has 4 nitrogen and oxygen atoms in total. The number of hydrogen-bond donors (Lipinski definition) is 1. The van der Waals surface area contributed by atoms with Crippen LogP contribution in [0.3, 0.4) is 0 Å². The Bertz CT molecular complexity index is 56.9. The van der Waals surface area contributed by atoms with Crippen LogP contribution in [0, 0.1) is 0 Å². The predicted molar refractivity (Wildman–Crippen MR) is 30.6 cm³/mol. The molecule has 9 heavy (non-hydrogen) atoms. The summed E-state index contributed by atoms with van der Waals surface area (Å²) < 4.78 is 13.6. The number of hydrogen-bond acceptors (Lipinski definition) is 4. The van der Waals surface area contributed by atoms with Crippen molar-refractivity contribution in [2.45, 2.75) is 13.4 Å². The van der Waals surface area contributed by atoms with Gasteiger partial charge < -0.3 is 19.3 Å². The van der Waals surface area contributed by atoms with E-state index in [1.807, 2.05) is 0 Å². The molecule has 0 heterocycles. The zero-order chi connectivity index (χ0) is 7.11. The van der Waals surface area contributed by atoms with Crippen LogP contribution in [0.15, 0.2) is 0 Å². The largest absolute Gasteiger partial charge is 0.358 e. The molecule has 0 saturated heterocycles. The van der Waals surface area contributed by atoms with E-state index in [4.69, 9.17) is 5.11 Å². The van der Waals surface area contributed by atoms with Crippen molar-refractivity contribution in [1.82, 2.24) is 0 Å². The Morgan fingerprint density at radius 1 is 1.44 bits per heavy atom. The smallest absolute Gasteiger partial charge is 0.271 e. The SMILES string of the molecule is CCOC(O)OCOC. The molecule has 0 fully saturated rings. The Labute approximate surface area is 54.3 Å². The summed E-state index contributed by atoms with van der Waals surface area (Å²) in [5.41, 5.74) is 0. The van der Waals surface area contributed by atoms with Crippen LogP contribution in [-0.2, 0) is 14.2 Å². The minimum Gasteiger partial charge on any atom is -0.358 e. The summed E-state index contributed by atoms with van der Waals surface area (Å²) in [4.78, 5) is 0. The molecule has 56 valence electrons. The van der Waals surface area contributed by atoms with Gasteiger partial charge in [-0.3, -0.25) is 0 Å². The minimum absolute atomic E-state index is 0.0428. The molecule has 1 atom stereocenters. The van der Waals surface area contributed by atoms with Crippen molar-refractivity contribution in [1.29, 1.82) is 0 Å². The minimum atomic E-state index is -1.16. The summed E-state index contributed by atoms with van der Waals surface area (Å²) in [6, 6.07) is 0. The van der Waals surface area contributed by atoms with E-state index in [-0.39, 0.29) is 6.79 Å². The van der Waals surface area contributed by atoms with Gasteiger partial charge in [-0.25, -0.2) is 0 Å². The topological polar surface area (TPSA) is 47.9 Å². The summed E-state index contributed by atoms with van der Waals surface area (Å²) >= 11 is 0. The predicted octanol–water partition coefficient (Wildman–Crippen LogP) is -0.0807. The zero-order valence-electron chi connectivity index (χ0n) is 5.66. The fourth-order valence-corrected chi connectivity index (χ4v) is 0.317. The van der Waals surface area contributed by atoms with Crippen molar-refractivity contribution < 1.29 is 19.3 Å². The second kappa shape index (κ2) is 5.97. The first kappa shape index (κ1) is 8.84. The van der Waals surface area contributed by atoms with E-state index in [0.29, 0.717) is 6.61 Å². The molecule has 0 aromatic heterocycles. The van der Waals surface area contributed by atoms with Gasteiger partial charge in [0.25, 0.3) is 6.48 Å². The van der Waals surface area contributed by atoms with Crippen LogP contribution < -0.4 is 0 Å². The highest BCUT2D eigenvalue weighted by atomic mass is 16.8. The van der Waals surface area contributed by atoms with Crippen LogP contribution in [0.2, 0.25) is 0 Å². The molecule has 0 saturated carbocycles. The quantitative estimate of drug-likeness (QED) is 0.537. The lowest BCUT2D eigenvalue weighted by Crippen LogP contribution is -2.17. The van der Waals surface area contributed by atoms with E-state index < -0.39 is 6.48 Å². The van der Waals surface area contributed by atoms with Gasteiger partial charge in [-0.1, -0.05) is 0 Å². The van der Waals surface area contributed by atoms with Crippen molar-refractivity contribution >= 4 is 0 Å². The molecule has 0 aliphatic heterocycles. The standard InChI is InChI=1S/C5H12O4/c1-3-8-5(6)9-4-7-2/h5-6H,3-4H2,1-2H3. The zero-order valence-corrected chi connectivity index (χ0v) is 5.66. The lowest BCUT2D eigenvalue weighted by molar-refractivity contribution is -0.287. The first-order chi connectivity index (χ1) is 4.31. The molecule has 0 spiro atoms. The Morgan fingerprint density at radius 3 is 2.56 bits per heavy atom. The maximum atomic E-state index is 8.66. The first-order valence-corrected chi connectivity index (χ1v) is 2.71. The summed E-state index contributed by atoms with van der Waals surface area (Å²) in [6.07, 6.45) is 0. The van der Waals surface area contributed by atoms with Crippen LogP contribution in [0.5, 0.6) is 0 Å². The van der Waals surface area contributed by atoms with E-state index in [0.717, 1.165) is 0 Å². The van der Waals surface area contributed by atoms with Crippen LogP contribution in [0.4, 0.5) is 0 Å². The van der Waals surface area contributed by atoms with Gasteiger partial charge in [0.1, 0.15) is 0 Å². The summed E-state index contributed by atoms with van der Waals surface area (Å²) in [6.45, 7) is 1.07. The van der Waals surface area contributed by atoms with Gasteiger partial charge in [0.15, 0.2) is 6.79 Å². The molecule has 0 aromatic carbocycles. The second-order valence-electron chi connectivity index (χ2n) is 1.34. The van der Waals surface area contributed by atoms with Gasteiger partial charge in [-0.05, 0) is 6.92 Å². The maximum absolute atomic E-state index is 8.66. The third kappa shape index (κ3) is 5.72. The molecule has 0 amide bonds. The molecular weight excluding hydrogens is 124 g/mol. The lowest BCUT2D eigenvalue weighted by Gasteiger charge is -2.09. The molecular formula is C5H12O4. The van der Waals surface area contributed by atoms with Crippen molar-refractivity contribution in [3.05, 3.63) is 0 Å². The maximum Gasteiger partial charge on any atom is 0.271 e. The summed E-state index contributed by atoms with van der Waals surface area (Å²) in [5, 5.41) is 8.66. The normalized spacial score (nSPS) is 13.7.